The van der Waals surface area contributed by atoms with Crippen molar-refractivity contribution in [1.29, 1.82) is 0 Å². The molecule has 1 aromatic carbocycles. The van der Waals surface area contributed by atoms with Gasteiger partial charge in [0.25, 0.3) is 5.91 Å². The Labute approximate surface area is 138 Å². The van der Waals surface area contributed by atoms with E-state index in [-0.39, 0.29) is 11.9 Å². The maximum atomic E-state index is 13.1. The van der Waals surface area contributed by atoms with Gasteiger partial charge in [0.15, 0.2) is 0 Å². The molecular weight excluding hydrogens is 306 g/mol. The smallest absolute Gasteiger partial charge is 0.256 e. The van der Waals surface area contributed by atoms with Crippen molar-refractivity contribution in [1.82, 2.24) is 34.9 Å². The normalized spacial score (nSPS) is 17.3. The van der Waals surface area contributed by atoms with Crippen molar-refractivity contribution in [2.75, 3.05) is 6.54 Å². The van der Waals surface area contributed by atoms with Crippen LogP contribution in [0.25, 0.3) is 5.69 Å². The fourth-order valence-electron chi connectivity index (χ4n) is 3.20. The van der Waals surface area contributed by atoms with Crippen molar-refractivity contribution < 1.29 is 4.79 Å². The summed E-state index contributed by atoms with van der Waals surface area (Å²) < 4.78 is 3.40. The van der Waals surface area contributed by atoms with E-state index in [1.165, 1.54) is 11.0 Å². The number of aromatic nitrogens is 6. The molecule has 122 valence electrons. The number of rotatable bonds is 4. The van der Waals surface area contributed by atoms with Crippen LogP contribution < -0.4 is 0 Å². The molecule has 3 aromatic rings. The minimum absolute atomic E-state index is 0.00996. The van der Waals surface area contributed by atoms with Crippen LogP contribution in [0.5, 0.6) is 0 Å². The highest BCUT2D eigenvalue weighted by Crippen LogP contribution is 2.23. The van der Waals surface area contributed by atoms with Gasteiger partial charge >= 0.3 is 0 Å². The van der Waals surface area contributed by atoms with Crippen LogP contribution in [0.3, 0.4) is 0 Å². The third kappa shape index (κ3) is 2.66. The molecule has 8 nitrogen and oxygen atoms in total. The summed E-state index contributed by atoms with van der Waals surface area (Å²) in [6, 6.07) is 9.46. The molecule has 0 aliphatic carbocycles. The molecule has 1 atom stereocenters. The lowest BCUT2D eigenvalue weighted by Crippen LogP contribution is -2.38. The number of carbonyl (C=O) groups excluding carboxylic acids is 1. The molecule has 0 saturated carbocycles. The zero-order valence-electron chi connectivity index (χ0n) is 13.1. The SMILES string of the molecule is O=C(c1ccccc1-n1cnnn1)N1CCCC1Cn1cccn1. The van der Waals surface area contributed by atoms with Crippen LogP contribution in [0, 0.1) is 0 Å². The summed E-state index contributed by atoms with van der Waals surface area (Å²) in [5, 5.41) is 15.5. The van der Waals surface area contributed by atoms with Crippen molar-refractivity contribution in [3.8, 4) is 5.69 Å². The molecule has 0 N–H and O–H groups in total. The Morgan fingerprint density at radius 1 is 1.25 bits per heavy atom. The Bertz CT molecular complexity index is 813. The number of carbonyl (C=O) groups is 1. The quantitative estimate of drug-likeness (QED) is 0.720. The zero-order valence-corrected chi connectivity index (χ0v) is 13.1. The highest BCUT2D eigenvalue weighted by atomic mass is 16.2. The first-order valence-corrected chi connectivity index (χ1v) is 7.94. The number of hydrogen-bond acceptors (Lipinski definition) is 5. The van der Waals surface area contributed by atoms with Gasteiger partial charge in [-0.3, -0.25) is 9.48 Å². The third-order valence-corrected chi connectivity index (χ3v) is 4.33. The first-order valence-electron chi connectivity index (χ1n) is 7.94. The molecule has 3 heterocycles. The lowest BCUT2D eigenvalue weighted by Gasteiger charge is -2.25. The van der Waals surface area contributed by atoms with Crippen LogP contribution in [0.2, 0.25) is 0 Å². The van der Waals surface area contributed by atoms with Crippen LogP contribution >= 0.6 is 0 Å². The molecule has 0 bridgehead atoms. The number of likely N-dealkylation sites (tertiary alicyclic amines) is 1. The van der Waals surface area contributed by atoms with E-state index < -0.39 is 0 Å². The van der Waals surface area contributed by atoms with Gasteiger partial charge in [0.1, 0.15) is 6.33 Å². The van der Waals surface area contributed by atoms with Crippen molar-refractivity contribution in [2.24, 2.45) is 0 Å². The van der Waals surface area contributed by atoms with Gasteiger partial charge in [-0.2, -0.15) is 9.78 Å². The predicted molar refractivity (Wildman–Crippen MR) is 85.4 cm³/mol. The summed E-state index contributed by atoms with van der Waals surface area (Å²) in [4.78, 5) is 15.1. The Kier molecular flexibility index (Phi) is 3.78. The van der Waals surface area contributed by atoms with E-state index in [9.17, 15) is 4.79 Å². The topological polar surface area (TPSA) is 81.7 Å². The minimum atomic E-state index is 0.00996. The second kappa shape index (κ2) is 6.23. The Morgan fingerprint density at radius 3 is 2.96 bits per heavy atom. The first-order chi connectivity index (χ1) is 11.8. The Hall–Kier alpha value is -3.03. The average molecular weight is 323 g/mol. The summed E-state index contributed by atoms with van der Waals surface area (Å²) >= 11 is 0. The largest absolute Gasteiger partial charge is 0.334 e. The third-order valence-electron chi connectivity index (χ3n) is 4.33. The molecule has 4 rings (SSSR count). The second-order valence-corrected chi connectivity index (χ2v) is 5.79. The van der Waals surface area contributed by atoms with Crippen LogP contribution in [0.15, 0.2) is 49.1 Å². The maximum absolute atomic E-state index is 13.1. The van der Waals surface area contributed by atoms with E-state index in [4.69, 9.17) is 0 Å². The molecular formula is C16H17N7O. The van der Waals surface area contributed by atoms with E-state index in [2.05, 4.69) is 20.6 Å². The minimum Gasteiger partial charge on any atom is -0.334 e. The molecule has 1 fully saturated rings. The number of hydrogen-bond donors (Lipinski definition) is 0. The van der Waals surface area contributed by atoms with Gasteiger partial charge in [-0.15, -0.1) is 5.10 Å². The van der Waals surface area contributed by atoms with Crippen LogP contribution in [-0.2, 0) is 6.54 Å². The zero-order chi connectivity index (χ0) is 16.4. The summed E-state index contributed by atoms with van der Waals surface area (Å²) in [5.41, 5.74) is 1.30. The second-order valence-electron chi connectivity index (χ2n) is 5.79. The highest BCUT2D eigenvalue weighted by Gasteiger charge is 2.31. The van der Waals surface area contributed by atoms with Crippen LogP contribution in [0.4, 0.5) is 0 Å². The van der Waals surface area contributed by atoms with Crippen molar-refractivity contribution >= 4 is 5.91 Å². The number of benzene rings is 1. The van der Waals surface area contributed by atoms with Gasteiger partial charge in [0, 0.05) is 18.9 Å². The van der Waals surface area contributed by atoms with Crippen molar-refractivity contribution in [3.05, 3.63) is 54.6 Å². The molecule has 1 unspecified atom stereocenters. The van der Waals surface area contributed by atoms with Gasteiger partial charge in [-0.05, 0) is 41.5 Å². The number of nitrogens with zero attached hydrogens (tertiary/aromatic N) is 7. The standard InChI is InChI=1S/C16H17N7O/c24-16(14-6-1-2-7-15(14)23-12-17-19-20-23)22-10-3-5-13(22)11-21-9-4-8-18-21/h1-2,4,6-9,12-13H,3,5,10-11H2. The van der Waals surface area contributed by atoms with E-state index in [0.29, 0.717) is 17.8 Å². The van der Waals surface area contributed by atoms with Crippen molar-refractivity contribution in [2.45, 2.75) is 25.4 Å². The predicted octanol–water partition coefficient (Wildman–Crippen LogP) is 1.16. The van der Waals surface area contributed by atoms with Crippen LogP contribution in [0.1, 0.15) is 23.2 Å². The highest BCUT2D eigenvalue weighted by molar-refractivity contribution is 5.98. The van der Waals surface area contributed by atoms with Gasteiger partial charge in [-0.25, -0.2) is 0 Å². The fourth-order valence-corrected chi connectivity index (χ4v) is 3.20. The molecule has 1 aliphatic heterocycles. The lowest BCUT2D eigenvalue weighted by atomic mass is 10.1. The summed E-state index contributed by atoms with van der Waals surface area (Å²) in [6.07, 6.45) is 7.17. The molecule has 2 aromatic heterocycles. The molecule has 24 heavy (non-hydrogen) atoms. The lowest BCUT2D eigenvalue weighted by molar-refractivity contribution is 0.0721. The van der Waals surface area contributed by atoms with Gasteiger partial charge in [-0.1, -0.05) is 12.1 Å². The van der Waals surface area contributed by atoms with Crippen LogP contribution in [-0.4, -0.2) is 53.4 Å². The Morgan fingerprint density at radius 2 is 2.17 bits per heavy atom. The molecule has 1 saturated heterocycles. The summed E-state index contributed by atoms with van der Waals surface area (Å²) in [5.74, 6) is 0.00996. The molecule has 0 spiro atoms. The first kappa shape index (κ1) is 14.6. The molecule has 8 heteroatoms. The van der Waals surface area contributed by atoms with E-state index in [1.807, 2.05) is 46.1 Å². The fraction of sp³-hybridized carbons (Fsp3) is 0.312. The van der Waals surface area contributed by atoms with E-state index in [0.717, 1.165) is 19.4 Å². The van der Waals surface area contributed by atoms with Gasteiger partial charge in [0.05, 0.1) is 23.8 Å². The number of para-hydroxylation sites is 1. The van der Waals surface area contributed by atoms with Crippen molar-refractivity contribution in [3.63, 3.8) is 0 Å². The molecule has 1 amide bonds. The summed E-state index contributed by atoms with van der Waals surface area (Å²) in [6.45, 7) is 1.47. The number of amides is 1. The van der Waals surface area contributed by atoms with Gasteiger partial charge in [0.2, 0.25) is 0 Å². The van der Waals surface area contributed by atoms with E-state index in [1.54, 1.807) is 6.20 Å². The number of tetrazole rings is 1. The average Bonchev–Trinajstić information content (AvgIpc) is 3.37. The molecule has 0 radical (unpaired) electrons. The maximum Gasteiger partial charge on any atom is 0.256 e. The van der Waals surface area contributed by atoms with E-state index >= 15 is 0 Å². The monoisotopic (exact) mass is 323 g/mol. The van der Waals surface area contributed by atoms with Gasteiger partial charge < -0.3 is 4.90 Å². The Balaban J connectivity index is 1.61. The summed E-state index contributed by atoms with van der Waals surface area (Å²) in [7, 11) is 0. The molecule has 1 aliphatic rings.